The van der Waals surface area contributed by atoms with Crippen LogP contribution in [0.3, 0.4) is 0 Å². The molecule has 0 fully saturated rings. The van der Waals surface area contributed by atoms with E-state index >= 15 is 0 Å². The highest BCUT2D eigenvalue weighted by Crippen LogP contribution is 2.12. The number of ether oxygens (including phenoxy) is 1. The molecule has 0 radical (unpaired) electrons. The van der Waals surface area contributed by atoms with Crippen LogP contribution in [0.4, 0.5) is 5.69 Å². The highest BCUT2D eigenvalue weighted by atomic mass is 16.5. The van der Waals surface area contributed by atoms with Crippen LogP contribution in [0.25, 0.3) is 0 Å². The molecule has 0 saturated heterocycles. The predicted octanol–water partition coefficient (Wildman–Crippen LogP) is 0.714. The lowest BCUT2D eigenvalue weighted by atomic mass is 10.2. The fourth-order valence-corrected chi connectivity index (χ4v) is 1.57. The summed E-state index contributed by atoms with van der Waals surface area (Å²) in [7, 11) is 0. The van der Waals surface area contributed by atoms with Crippen LogP contribution in [-0.4, -0.2) is 22.5 Å². The van der Waals surface area contributed by atoms with Crippen molar-refractivity contribution in [3.05, 3.63) is 56.9 Å². The zero-order chi connectivity index (χ0) is 14.5. The molecule has 7 heteroatoms. The van der Waals surface area contributed by atoms with Crippen molar-refractivity contribution in [3.63, 3.8) is 0 Å². The lowest BCUT2D eigenvalue weighted by molar-refractivity contribution is 0.102. The van der Waals surface area contributed by atoms with Crippen LogP contribution < -0.4 is 21.3 Å². The minimum Gasteiger partial charge on any atom is -0.494 e. The highest BCUT2D eigenvalue weighted by Gasteiger charge is 2.08. The average Bonchev–Trinajstić information content (AvgIpc) is 2.43. The first-order chi connectivity index (χ1) is 9.60. The third-order valence-electron chi connectivity index (χ3n) is 2.49. The third kappa shape index (κ3) is 3.14. The normalized spacial score (nSPS) is 10.1. The van der Waals surface area contributed by atoms with E-state index in [0.717, 1.165) is 6.20 Å². The van der Waals surface area contributed by atoms with E-state index in [1.165, 1.54) is 0 Å². The number of aromatic nitrogens is 2. The van der Waals surface area contributed by atoms with Crippen LogP contribution in [0, 0.1) is 0 Å². The van der Waals surface area contributed by atoms with Gasteiger partial charge in [0.15, 0.2) is 0 Å². The van der Waals surface area contributed by atoms with Gasteiger partial charge in [-0.2, -0.15) is 0 Å². The molecule has 0 aliphatic carbocycles. The van der Waals surface area contributed by atoms with Gasteiger partial charge in [-0.1, -0.05) is 0 Å². The van der Waals surface area contributed by atoms with Gasteiger partial charge in [0.05, 0.1) is 6.61 Å². The third-order valence-corrected chi connectivity index (χ3v) is 2.49. The van der Waals surface area contributed by atoms with Gasteiger partial charge in [-0.05, 0) is 31.2 Å². The van der Waals surface area contributed by atoms with Crippen molar-refractivity contribution in [1.29, 1.82) is 0 Å². The van der Waals surface area contributed by atoms with E-state index < -0.39 is 17.2 Å². The molecule has 0 saturated carbocycles. The lowest BCUT2D eigenvalue weighted by Crippen LogP contribution is -2.26. The fraction of sp³-hybridized carbons (Fsp3) is 0.154. The second-order valence-electron chi connectivity index (χ2n) is 3.90. The van der Waals surface area contributed by atoms with Gasteiger partial charge in [-0.15, -0.1) is 0 Å². The highest BCUT2D eigenvalue weighted by molar-refractivity contribution is 6.04. The Morgan fingerprint density at radius 2 is 1.95 bits per heavy atom. The average molecular weight is 275 g/mol. The second-order valence-corrected chi connectivity index (χ2v) is 3.90. The molecule has 0 spiro atoms. The molecule has 0 aliphatic heterocycles. The van der Waals surface area contributed by atoms with Crippen LogP contribution in [0.2, 0.25) is 0 Å². The molecule has 104 valence electrons. The number of H-pyrrole nitrogens is 2. The van der Waals surface area contributed by atoms with Gasteiger partial charge in [-0.3, -0.25) is 14.6 Å². The van der Waals surface area contributed by atoms with Gasteiger partial charge in [0.25, 0.3) is 11.5 Å². The minimum absolute atomic E-state index is 0.0246. The number of rotatable bonds is 4. The molecule has 0 atom stereocenters. The Kier molecular flexibility index (Phi) is 3.99. The van der Waals surface area contributed by atoms with Crippen LogP contribution in [0.5, 0.6) is 5.75 Å². The molecule has 3 N–H and O–H groups in total. The van der Waals surface area contributed by atoms with Crippen molar-refractivity contribution in [2.45, 2.75) is 6.92 Å². The Balaban J connectivity index is 2.15. The summed E-state index contributed by atoms with van der Waals surface area (Å²) in [5, 5.41) is 2.41. The summed E-state index contributed by atoms with van der Waals surface area (Å²) in [5.74, 6) is 0.205. The number of benzene rings is 1. The Bertz CT molecular complexity index is 715. The summed E-state index contributed by atoms with van der Waals surface area (Å²) in [4.78, 5) is 38.5. The zero-order valence-electron chi connectivity index (χ0n) is 10.7. The number of hydrogen-bond donors (Lipinski definition) is 3. The van der Waals surface area contributed by atoms with Crippen molar-refractivity contribution in [2.24, 2.45) is 0 Å². The molecule has 7 nitrogen and oxygen atoms in total. The topological polar surface area (TPSA) is 104 Å². The SMILES string of the molecule is CCOc1ccc(C(=O)Nc2c[nH]c(=O)[nH]c2=O)cc1. The molecule has 0 bridgehead atoms. The van der Waals surface area contributed by atoms with Crippen molar-refractivity contribution in [1.82, 2.24) is 9.97 Å². The molecule has 20 heavy (non-hydrogen) atoms. The Morgan fingerprint density at radius 1 is 1.25 bits per heavy atom. The summed E-state index contributed by atoms with van der Waals surface area (Å²) < 4.78 is 5.26. The Hall–Kier alpha value is -2.83. The van der Waals surface area contributed by atoms with Crippen LogP contribution in [0.15, 0.2) is 40.1 Å². The number of aromatic amines is 2. The molecule has 1 heterocycles. The number of anilines is 1. The maximum atomic E-state index is 11.9. The molecule has 1 aromatic carbocycles. The van der Waals surface area contributed by atoms with Crippen molar-refractivity contribution < 1.29 is 9.53 Å². The number of hydrogen-bond acceptors (Lipinski definition) is 4. The monoisotopic (exact) mass is 275 g/mol. The van der Waals surface area contributed by atoms with Crippen LogP contribution in [0.1, 0.15) is 17.3 Å². The summed E-state index contributed by atoms with van der Waals surface area (Å²) in [6, 6.07) is 6.49. The van der Waals surface area contributed by atoms with Gasteiger partial charge in [-0.25, -0.2) is 4.79 Å². The zero-order valence-corrected chi connectivity index (χ0v) is 10.7. The van der Waals surface area contributed by atoms with Gasteiger partial charge < -0.3 is 15.0 Å². The van der Waals surface area contributed by atoms with E-state index in [2.05, 4.69) is 10.3 Å². The summed E-state index contributed by atoms with van der Waals surface area (Å²) in [5.41, 5.74) is -0.940. The van der Waals surface area contributed by atoms with Crippen LogP contribution >= 0.6 is 0 Å². The van der Waals surface area contributed by atoms with Crippen molar-refractivity contribution in [2.75, 3.05) is 11.9 Å². The van der Waals surface area contributed by atoms with E-state index in [-0.39, 0.29) is 5.69 Å². The first-order valence-corrected chi connectivity index (χ1v) is 5.96. The van der Waals surface area contributed by atoms with Crippen molar-refractivity contribution >= 4 is 11.6 Å². The Labute approximate surface area is 113 Å². The molecular formula is C13H13N3O4. The van der Waals surface area contributed by atoms with E-state index in [1.807, 2.05) is 11.9 Å². The largest absolute Gasteiger partial charge is 0.494 e. The predicted molar refractivity (Wildman–Crippen MR) is 73.2 cm³/mol. The first-order valence-electron chi connectivity index (χ1n) is 5.96. The van der Waals surface area contributed by atoms with E-state index in [0.29, 0.717) is 17.9 Å². The smallest absolute Gasteiger partial charge is 0.325 e. The number of nitrogens with one attached hydrogen (secondary N) is 3. The second kappa shape index (κ2) is 5.87. The van der Waals surface area contributed by atoms with E-state index in [1.54, 1.807) is 24.3 Å². The molecule has 2 rings (SSSR count). The standard InChI is InChI=1S/C13H13N3O4/c1-2-20-9-5-3-8(4-6-9)11(17)15-10-7-14-13(19)16-12(10)18/h3-7H,2H2,1H3,(H,15,17)(H2,14,16,18,19). The van der Waals surface area contributed by atoms with Crippen LogP contribution in [-0.2, 0) is 0 Å². The fourth-order valence-electron chi connectivity index (χ4n) is 1.57. The van der Waals surface area contributed by atoms with Gasteiger partial charge in [0.2, 0.25) is 0 Å². The minimum atomic E-state index is -0.659. The molecule has 1 aromatic heterocycles. The van der Waals surface area contributed by atoms with Crippen molar-refractivity contribution in [3.8, 4) is 5.75 Å². The van der Waals surface area contributed by atoms with E-state index in [4.69, 9.17) is 4.74 Å². The number of carbonyl (C=O) groups excluding carboxylic acids is 1. The molecule has 2 aromatic rings. The molecule has 0 aliphatic rings. The summed E-state index contributed by atoms with van der Waals surface area (Å²) in [6.07, 6.45) is 1.15. The molecule has 0 unspecified atom stereocenters. The number of amides is 1. The molecule has 1 amide bonds. The maximum Gasteiger partial charge on any atom is 0.325 e. The number of carbonyl (C=O) groups is 1. The summed E-state index contributed by atoms with van der Waals surface area (Å²) >= 11 is 0. The van der Waals surface area contributed by atoms with Gasteiger partial charge >= 0.3 is 5.69 Å². The van der Waals surface area contributed by atoms with Gasteiger partial charge in [0, 0.05) is 11.8 Å². The van der Waals surface area contributed by atoms with E-state index in [9.17, 15) is 14.4 Å². The molecular weight excluding hydrogens is 262 g/mol. The quantitative estimate of drug-likeness (QED) is 0.764. The summed E-state index contributed by atoms with van der Waals surface area (Å²) in [6.45, 7) is 2.40. The lowest BCUT2D eigenvalue weighted by Gasteiger charge is -2.05. The van der Waals surface area contributed by atoms with Gasteiger partial charge in [0.1, 0.15) is 11.4 Å². The first kappa shape index (κ1) is 13.6. The maximum absolute atomic E-state index is 11.9. The Morgan fingerprint density at radius 3 is 2.55 bits per heavy atom.